The highest BCUT2D eigenvalue weighted by atomic mass is 19.1. The molecule has 0 aliphatic rings. The number of nitrogens with zero attached hydrogens (tertiary/aromatic N) is 6. The molecule has 0 aliphatic heterocycles. The van der Waals surface area contributed by atoms with Gasteiger partial charge in [0.1, 0.15) is 5.82 Å². The summed E-state index contributed by atoms with van der Waals surface area (Å²) >= 11 is 0. The maximum Gasteiger partial charge on any atom is 0.125 e. The van der Waals surface area contributed by atoms with Crippen molar-refractivity contribution in [1.29, 1.82) is 0 Å². The van der Waals surface area contributed by atoms with Crippen LogP contribution in [0.2, 0.25) is 0 Å². The van der Waals surface area contributed by atoms with E-state index in [9.17, 15) is 0 Å². The molecule has 6 aromatic heterocycles. The quantitative estimate of drug-likeness (QED) is 0.145. The van der Waals surface area contributed by atoms with E-state index >= 15 is 4.39 Å². The molecule has 22 rings (SSSR count). The third kappa shape index (κ3) is 9.85. The van der Waals surface area contributed by atoms with Crippen molar-refractivity contribution in [2.24, 2.45) is 0 Å². The molecule has 0 aliphatic carbocycles. The van der Waals surface area contributed by atoms with Gasteiger partial charge in [-0.1, -0.05) is 227 Å². The molecule has 0 saturated heterocycles. The Morgan fingerprint density at radius 1 is 0.178 bits per heavy atom. The first-order valence-electron chi connectivity index (χ1n) is 36.8. The van der Waals surface area contributed by atoms with Crippen LogP contribution in [0.1, 0.15) is 26.3 Å². The van der Waals surface area contributed by atoms with Gasteiger partial charge in [0.25, 0.3) is 0 Å². The summed E-state index contributed by atoms with van der Waals surface area (Å²) in [5.74, 6) is -0.265. The molecule has 506 valence electrons. The Hall–Kier alpha value is -13.8. The van der Waals surface area contributed by atoms with Crippen LogP contribution in [-0.4, -0.2) is 27.4 Å². The molecule has 6 nitrogen and oxygen atoms in total. The van der Waals surface area contributed by atoms with E-state index in [1.54, 1.807) is 12.1 Å². The van der Waals surface area contributed by atoms with Crippen LogP contribution in [0.25, 0.3) is 187 Å². The maximum absolute atomic E-state index is 15.6. The molecule has 7 heteroatoms. The van der Waals surface area contributed by atoms with Crippen molar-refractivity contribution in [2.75, 3.05) is 0 Å². The fourth-order valence-electron chi connectivity index (χ4n) is 17.4. The van der Waals surface area contributed by atoms with Crippen LogP contribution >= 0.6 is 0 Å². The smallest absolute Gasteiger partial charge is 0.125 e. The second kappa shape index (κ2) is 24.2. The lowest BCUT2D eigenvalue weighted by atomic mass is 9.86. The van der Waals surface area contributed by atoms with Gasteiger partial charge in [-0.2, -0.15) is 0 Å². The van der Waals surface area contributed by atoms with Gasteiger partial charge >= 0.3 is 0 Å². The second-order valence-corrected chi connectivity index (χ2v) is 29.4. The summed E-state index contributed by atoms with van der Waals surface area (Å²) in [6.45, 7) is 6.86. The van der Waals surface area contributed by atoms with Crippen LogP contribution in [0, 0.1) is 5.82 Å². The molecule has 0 atom stereocenters. The SMILES string of the molecule is CC(C)(C)c1ccc2c(c1)c1ccccc1n2-c1cccc(-n2c3ccccc3c3cc(-c4cccc(-n5c6ccccc6c6ccccc65)c4)ccc32)c1.Fc1cc(-c2ccc3c(c2)c2ccccc2n3-c2cccc(-n3c4ccccc4c4ccccc43)c2)cc(-n2c3ccccc3c3ccccc32)c1. The predicted octanol–water partition coefficient (Wildman–Crippen LogP) is 26.7. The summed E-state index contributed by atoms with van der Waals surface area (Å²) in [5, 5.41) is 14.7. The topological polar surface area (TPSA) is 29.6 Å². The Morgan fingerprint density at radius 2 is 0.421 bits per heavy atom. The summed E-state index contributed by atoms with van der Waals surface area (Å²) in [6, 6.07) is 130. The van der Waals surface area contributed by atoms with Gasteiger partial charge in [0.15, 0.2) is 0 Å². The van der Waals surface area contributed by atoms with Crippen molar-refractivity contribution in [1.82, 2.24) is 27.4 Å². The monoisotopic (exact) mass is 1370 g/mol. The van der Waals surface area contributed by atoms with Gasteiger partial charge in [-0.25, -0.2) is 4.39 Å². The number of hydrogen-bond donors (Lipinski definition) is 0. The summed E-state index contributed by atoms with van der Waals surface area (Å²) in [4.78, 5) is 0. The van der Waals surface area contributed by atoms with Crippen LogP contribution < -0.4 is 0 Å². The number of aromatic nitrogens is 6. The minimum atomic E-state index is -0.265. The van der Waals surface area contributed by atoms with E-state index in [1.165, 1.54) is 104 Å². The fourth-order valence-corrected chi connectivity index (χ4v) is 17.4. The molecule has 0 spiro atoms. The lowest BCUT2D eigenvalue weighted by Crippen LogP contribution is -2.10. The molecule has 0 unspecified atom stereocenters. The molecule has 6 heterocycles. The molecule has 107 heavy (non-hydrogen) atoms. The third-order valence-corrected chi connectivity index (χ3v) is 22.2. The Bertz CT molecular complexity index is 7240. The first-order valence-corrected chi connectivity index (χ1v) is 36.8. The zero-order chi connectivity index (χ0) is 71.2. The maximum atomic E-state index is 15.6. The van der Waals surface area contributed by atoms with E-state index in [-0.39, 0.29) is 11.2 Å². The number of hydrogen-bond acceptors (Lipinski definition) is 0. The van der Waals surface area contributed by atoms with E-state index in [4.69, 9.17) is 0 Å². The molecule has 0 bridgehead atoms. The number of halogens is 1. The summed E-state index contributed by atoms with van der Waals surface area (Å²) in [7, 11) is 0. The van der Waals surface area contributed by atoms with E-state index in [2.05, 4.69) is 388 Å². The Morgan fingerprint density at radius 3 is 0.757 bits per heavy atom. The first-order chi connectivity index (χ1) is 52.6. The van der Waals surface area contributed by atoms with Gasteiger partial charge in [0, 0.05) is 98.8 Å². The van der Waals surface area contributed by atoms with Crippen molar-refractivity contribution < 1.29 is 4.39 Å². The van der Waals surface area contributed by atoms with Crippen molar-refractivity contribution >= 4 is 131 Å². The average Bonchev–Trinajstić information content (AvgIpc) is 1.61. The average molecular weight is 1370 g/mol. The number of rotatable bonds is 8. The fraction of sp³-hybridized carbons (Fsp3) is 0.0400. The van der Waals surface area contributed by atoms with E-state index in [0.29, 0.717) is 0 Å². The lowest BCUT2D eigenvalue weighted by Gasteiger charge is -2.19. The summed E-state index contributed by atoms with van der Waals surface area (Å²) in [6.07, 6.45) is 0. The zero-order valence-electron chi connectivity index (χ0n) is 59.2. The van der Waals surface area contributed by atoms with Crippen LogP contribution in [0.3, 0.4) is 0 Å². The van der Waals surface area contributed by atoms with E-state index < -0.39 is 0 Å². The standard InChI is InChI=1S/C52H39N3.C48H30FN3/c1-52(2,3)36-27-29-51-45(32-36)43-21-7-11-25-49(43)55(51)39-17-13-16-38(33-39)54-48-24-10-6-20-42(48)44-31-35(26-28-50(44)54)34-14-12-15-37(30-34)53-46-22-8-4-18-40(46)41-19-5-9-23-47(41)53;49-33-26-32(27-36(29-33)52-45-21-8-3-16-39(45)40-17-4-9-22-46(40)52)31-24-25-48-42(28-31)41-18-5-10-23-47(41)51(48)35-13-11-12-34(30-35)50-43-19-6-1-14-37(43)38-15-2-7-20-44(38)50/h4-33H,1-3H3;1-30H. The highest BCUT2D eigenvalue weighted by molar-refractivity contribution is 6.15. The van der Waals surface area contributed by atoms with Crippen LogP contribution in [0.5, 0.6) is 0 Å². The molecule has 22 aromatic rings. The highest BCUT2D eigenvalue weighted by Crippen LogP contribution is 2.43. The molecule has 0 N–H and O–H groups in total. The summed E-state index contributed by atoms with van der Waals surface area (Å²) < 4.78 is 29.8. The summed E-state index contributed by atoms with van der Waals surface area (Å²) in [5.41, 5.74) is 26.0. The number of fused-ring (bicyclic) bond motifs is 18. The van der Waals surface area contributed by atoms with Gasteiger partial charge in [-0.15, -0.1) is 0 Å². The first kappa shape index (κ1) is 61.9. The van der Waals surface area contributed by atoms with E-state index in [0.717, 1.165) is 88.9 Å². The molecule has 0 saturated carbocycles. The molecule has 0 fully saturated rings. The predicted molar refractivity (Wildman–Crippen MR) is 448 cm³/mol. The molecule has 0 radical (unpaired) electrons. The van der Waals surface area contributed by atoms with Crippen molar-refractivity contribution in [3.8, 4) is 56.4 Å². The van der Waals surface area contributed by atoms with E-state index in [1.807, 2.05) is 12.1 Å². The van der Waals surface area contributed by atoms with Gasteiger partial charge in [0.2, 0.25) is 0 Å². The number of para-hydroxylation sites is 9. The zero-order valence-corrected chi connectivity index (χ0v) is 59.2. The molecule has 0 amide bonds. The van der Waals surface area contributed by atoms with Gasteiger partial charge in [-0.3, -0.25) is 0 Å². The van der Waals surface area contributed by atoms with Gasteiger partial charge in [-0.05, 0) is 191 Å². The molecular formula is C100H69FN6. The third-order valence-electron chi connectivity index (χ3n) is 22.2. The minimum absolute atomic E-state index is 0.0723. The van der Waals surface area contributed by atoms with Crippen molar-refractivity contribution in [3.05, 3.63) is 375 Å². The Kier molecular flexibility index (Phi) is 14.0. The number of benzene rings is 16. The normalized spacial score (nSPS) is 12.1. The van der Waals surface area contributed by atoms with Crippen molar-refractivity contribution in [2.45, 2.75) is 26.2 Å². The minimum Gasteiger partial charge on any atom is -0.309 e. The Labute approximate surface area is 616 Å². The molecule has 16 aromatic carbocycles. The van der Waals surface area contributed by atoms with Crippen LogP contribution in [0.15, 0.2) is 364 Å². The second-order valence-electron chi connectivity index (χ2n) is 29.4. The largest absolute Gasteiger partial charge is 0.309 e. The van der Waals surface area contributed by atoms with Crippen LogP contribution in [0.4, 0.5) is 4.39 Å². The molecular weight excluding hydrogens is 1300 g/mol. The highest BCUT2D eigenvalue weighted by Gasteiger charge is 2.23. The van der Waals surface area contributed by atoms with Gasteiger partial charge in [0.05, 0.1) is 66.2 Å². The van der Waals surface area contributed by atoms with Crippen LogP contribution in [-0.2, 0) is 5.41 Å². The lowest BCUT2D eigenvalue weighted by molar-refractivity contribution is 0.591. The van der Waals surface area contributed by atoms with Crippen molar-refractivity contribution in [3.63, 3.8) is 0 Å². The van der Waals surface area contributed by atoms with Gasteiger partial charge < -0.3 is 27.4 Å². The Balaban J connectivity index is 0.000000137.